The first-order valence-electron chi connectivity index (χ1n) is 6.51. The number of nitrogens with zero attached hydrogens (tertiary/aromatic N) is 1. The quantitative estimate of drug-likeness (QED) is 0.879. The van der Waals surface area contributed by atoms with Crippen LogP contribution in [0.25, 0.3) is 6.08 Å². The summed E-state index contributed by atoms with van der Waals surface area (Å²) in [5, 5.41) is 8.89. The van der Waals surface area contributed by atoms with Gasteiger partial charge in [-0.2, -0.15) is 0 Å². The summed E-state index contributed by atoms with van der Waals surface area (Å²) in [5.74, 6) is -0.771. The summed E-state index contributed by atoms with van der Waals surface area (Å²) in [4.78, 5) is 13.0. The molecular formula is C15H19NO3. The lowest BCUT2D eigenvalue weighted by Crippen LogP contribution is -2.46. The van der Waals surface area contributed by atoms with Crippen molar-refractivity contribution in [2.24, 2.45) is 0 Å². The molecule has 1 aromatic rings. The van der Waals surface area contributed by atoms with Crippen molar-refractivity contribution in [2.75, 3.05) is 26.3 Å². The van der Waals surface area contributed by atoms with Crippen molar-refractivity contribution in [1.82, 2.24) is 4.90 Å². The highest BCUT2D eigenvalue weighted by molar-refractivity contribution is 5.67. The molecule has 1 saturated heterocycles. The topological polar surface area (TPSA) is 49.8 Å². The van der Waals surface area contributed by atoms with Crippen LogP contribution in [0.15, 0.2) is 36.4 Å². The van der Waals surface area contributed by atoms with Crippen LogP contribution in [-0.4, -0.2) is 48.3 Å². The Hall–Kier alpha value is -1.65. The SMILES string of the molecule is O=C(O)CC1COCCN1C/C=C/c1ccccc1. The van der Waals surface area contributed by atoms with Gasteiger partial charge in [0.1, 0.15) is 0 Å². The molecule has 0 bridgehead atoms. The van der Waals surface area contributed by atoms with Gasteiger partial charge in [0.25, 0.3) is 0 Å². The van der Waals surface area contributed by atoms with Gasteiger partial charge in [-0.25, -0.2) is 0 Å². The van der Waals surface area contributed by atoms with E-state index in [-0.39, 0.29) is 12.5 Å². The van der Waals surface area contributed by atoms with Gasteiger partial charge < -0.3 is 9.84 Å². The average Bonchev–Trinajstić information content (AvgIpc) is 2.41. The molecule has 1 aliphatic rings. The smallest absolute Gasteiger partial charge is 0.305 e. The van der Waals surface area contributed by atoms with Crippen LogP contribution < -0.4 is 0 Å². The van der Waals surface area contributed by atoms with Gasteiger partial charge in [-0.3, -0.25) is 9.69 Å². The molecule has 0 aliphatic carbocycles. The Labute approximate surface area is 113 Å². The predicted molar refractivity (Wildman–Crippen MR) is 73.9 cm³/mol. The Kier molecular flexibility index (Phi) is 5.12. The van der Waals surface area contributed by atoms with Gasteiger partial charge in [-0.05, 0) is 5.56 Å². The van der Waals surface area contributed by atoms with E-state index >= 15 is 0 Å². The third kappa shape index (κ3) is 4.50. The maximum absolute atomic E-state index is 10.8. The first kappa shape index (κ1) is 13.8. The Bertz CT molecular complexity index is 430. The lowest BCUT2D eigenvalue weighted by Gasteiger charge is -2.33. The minimum Gasteiger partial charge on any atom is -0.481 e. The molecule has 2 rings (SSSR count). The standard InChI is InChI=1S/C15H19NO3/c17-15(18)11-14-12-19-10-9-16(14)8-4-7-13-5-2-1-3-6-13/h1-7,14H,8-12H2,(H,17,18)/b7-4+. The second-order valence-electron chi connectivity index (χ2n) is 4.63. The van der Waals surface area contributed by atoms with Crippen molar-refractivity contribution in [3.63, 3.8) is 0 Å². The third-order valence-corrected chi connectivity index (χ3v) is 3.21. The highest BCUT2D eigenvalue weighted by Gasteiger charge is 2.24. The highest BCUT2D eigenvalue weighted by Crippen LogP contribution is 2.11. The first-order chi connectivity index (χ1) is 9.25. The van der Waals surface area contributed by atoms with E-state index in [2.05, 4.69) is 17.1 Å². The van der Waals surface area contributed by atoms with Crippen molar-refractivity contribution in [3.8, 4) is 0 Å². The molecule has 0 radical (unpaired) electrons. The molecule has 1 N–H and O–H groups in total. The van der Waals surface area contributed by atoms with E-state index in [4.69, 9.17) is 9.84 Å². The van der Waals surface area contributed by atoms with Crippen LogP contribution >= 0.6 is 0 Å². The maximum Gasteiger partial charge on any atom is 0.305 e. The monoisotopic (exact) mass is 261 g/mol. The first-order valence-corrected chi connectivity index (χ1v) is 6.51. The fourth-order valence-electron chi connectivity index (χ4n) is 2.21. The van der Waals surface area contributed by atoms with Crippen LogP contribution in [0.3, 0.4) is 0 Å². The number of hydrogen-bond donors (Lipinski definition) is 1. The molecule has 1 atom stereocenters. The molecule has 19 heavy (non-hydrogen) atoms. The van der Waals surface area contributed by atoms with Crippen LogP contribution in [0.4, 0.5) is 0 Å². The summed E-state index contributed by atoms with van der Waals surface area (Å²) >= 11 is 0. The van der Waals surface area contributed by atoms with E-state index < -0.39 is 5.97 Å². The van der Waals surface area contributed by atoms with Crippen molar-refractivity contribution in [3.05, 3.63) is 42.0 Å². The molecule has 0 spiro atoms. The van der Waals surface area contributed by atoms with E-state index in [9.17, 15) is 4.79 Å². The maximum atomic E-state index is 10.8. The van der Waals surface area contributed by atoms with Crippen LogP contribution in [0.1, 0.15) is 12.0 Å². The molecule has 4 heteroatoms. The molecule has 1 heterocycles. The van der Waals surface area contributed by atoms with Crippen LogP contribution in [0.5, 0.6) is 0 Å². The number of carbonyl (C=O) groups is 1. The zero-order chi connectivity index (χ0) is 13.5. The van der Waals surface area contributed by atoms with Crippen molar-refractivity contribution >= 4 is 12.0 Å². The van der Waals surface area contributed by atoms with Gasteiger partial charge in [0.2, 0.25) is 0 Å². The molecule has 1 fully saturated rings. The molecule has 1 aliphatic heterocycles. The van der Waals surface area contributed by atoms with Crippen LogP contribution in [0.2, 0.25) is 0 Å². The highest BCUT2D eigenvalue weighted by atomic mass is 16.5. The second kappa shape index (κ2) is 7.07. The van der Waals surface area contributed by atoms with Gasteiger partial charge in [0.05, 0.1) is 19.6 Å². The minimum atomic E-state index is -0.771. The molecule has 0 aromatic heterocycles. The number of hydrogen-bond acceptors (Lipinski definition) is 3. The van der Waals surface area contributed by atoms with Gasteiger partial charge in [-0.15, -0.1) is 0 Å². The summed E-state index contributed by atoms with van der Waals surface area (Å²) in [6.45, 7) is 2.73. The molecule has 102 valence electrons. The van der Waals surface area contributed by atoms with E-state index in [0.717, 1.165) is 18.7 Å². The fourth-order valence-corrected chi connectivity index (χ4v) is 2.21. The van der Waals surface area contributed by atoms with Crippen molar-refractivity contribution in [1.29, 1.82) is 0 Å². The molecule has 4 nitrogen and oxygen atoms in total. The van der Waals surface area contributed by atoms with Crippen molar-refractivity contribution < 1.29 is 14.6 Å². The lowest BCUT2D eigenvalue weighted by atomic mass is 10.1. The van der Waals surface area contributed by atoms with Gasteiger partial charge in [0.15, 0.2) is 0 Å². The van der Waals surface area contributed by atoms with Gasteiger partial charge >= 0.3 is 5.97 Å². The molecule has 1 unspecified atom stereocenters. The molecule has 0 amide bonds. The Morgan fingerprint density at radius 3 is 2.95 bits per heavy atom. The van der Waals surface area contributed by atoms with E-state index in [1.165, 1.54) is 0 Å². The van der Waals surface area contributed by atoms with Crippen molar-refractivity contribution in [2.45, 2.75) is 12.5 Å². The number of rotatable bonds is 5. The summed E-state index contributed by atoms with van der Waals surface area (Å²) < 4.78 is 5.35. The fraction of sp³-hybridized carbons (Fsp3) is 0.400. The number of aliphatic carboxylic acids is 1. The lowest BCUT2D eigenvalue weighted by molar-refractivity contribution is -0.140. The Morgan fingerprint density at radius 1 is 1.42 bits per heavy atom. The number of morpholine rings is 1. The summed E-state index contributed by atoms with van der Waals surface area (Å²) in [6.07, 6.45) is 4.28. The van der Waals surface area contributed by atoms with E-state index in [0.29, 0.717) is 13.2 Å². The Morgan fingerprint density at radius 2 is 2.21 bits per heavy atom. The van der Waals surface area contributed by atoms with Crippen LogP contribution in [0, 0.1) is 0 Å². The molecular weight excluding hydrogens is 242 g/mol. The van der Waals surface area contributed by atoms with E-state index in [1.54, 1.807) is 0 Å². The molecule has 0 saturated carbocycles. The van der Waals surface area contributed by atoms with E-state index in [1.807, 2.05) is 30.3 Å². The minimum absolute atomic E-state index is 0.0216. The number of ether oxygens (including phenoxy) is 1. The van der Waals surface area contributed by atoms with Gasteiger partial charge in [-0.1, -0.05) is 42.5 Å². The largest absolute Gasteiger partial charge is 0.481 e. The third-order valence-electron chi connectivity index (χ3n) is 3.21. The number of benzene rings is 1. The Balaban J connectivity index is 1.89. The average molecular weight is 261 g/mol. The van der Waals surface area contributed by atoms with Gasteiger partial charge in [0, 0.05) is 19.1 Å². The normalized spacial score (nSPS) is 20.7. The molecule has 1 aromatic carbocycles. The number of carboxylic acid groups (broad SMARTS) is 1. The zero-order valence-corrected chi connectivity index (χ0v) is 10.9. The summed E-state index contributed by atoms with van der Waals surface area (Å²) in [6, 6.07) is 10.1. The summed E-state index contributed by atoms with van der Waals surface area (Å²) in [5.41, 5.74) is 1.16. The number of carboxylic acids is 1. The zero-order valence-electron chi connectivity index (χ0n) is 10.9. The predicted octanol–water partition coefficient (Wildman–Crippen LogP) is 1.88. The second-order valence-corrected chi connectivity index (χ2v) is 4.63. The van der Waals surface area contributed by atoms with Crippen LogP contribution in [-0.2, 0) is 9.53 Å². The summed E-state index contributed by atoms with van der Waals surface area (Å²) in [7, 11) is 0.